The summed E-state index contributed by atoms with van der Waals surface area (Å²) >= 11 is 0. The van der Waals surface area contributed by atoms with Crippen LogP contribution in [0.1, 0.15) is 13.8 Å². The molecule has 106 valence electrons. The number of hydrogen-bond acceptors (Lipinski definition) is 4. The molecule has 0 unspecified atom stereocenters. The zero-order valence-corrected chi connectivity index (χ0v) is 11.9. The molecule has 1 aromatic carbocycles. The van der Waals surface area contributed by atoms with Crippen molar-refractivity contribution in [1.29, 1.82) is 0 Å². The Labute approximate surface area is 113 Å². The second-order valence-electron chi connectivity index (χ2n) is 4.29. The van der Waals surface area contributed by atoms with E-state index in [2.05, 4.69) is 4.72 Å². The molecule has 0 radical (unpaired) electrons. The van der Waals surface area contributed by atoms with Crippen molar-refractivity contribution in [2.24, 2.45) is 0 Å². The van der Waals surface area contributed by atoms with E-state index in [9.17, 15) is 13.2 Å². The average molecular weight is 286 g/mol. The maximum absolute atomic E-state index is 11.9. The van der Waals surface area contributed by atoms with Crippen molar-refractivity contribution in [3.05, 3.63) is 24.3 Å². The lowest BCUT2D eigenvalue weighted by Gasteiger charge is -2.28. The number of aliphatic carboxylic acids is 1. The minimum absolute atomic E-state index is 0.0763. The molecule has 6 nitrogen and oxygen atoms in total. The van der Waals surface area contributed by atoms with Crippen LogP contribution in [0.2, 0.25) is 0 Å². The summed E-state index contributed by atoms with van der Waals surface area (Å²) in [6.45, 7) is 3.37. The first-order valence-corrected chi connectivity index (χ1v) is 7.29. The van der Waals surface area contributed by atoms with Gasteiger partial charge in [-0.3, -0.25) is 4.79 Å². The van der Waals surface area contributed by atoms with Gasteiger partial charge >= 0.3 is 5.97 Å². The molecule has 0 amide bonds. The standard InChI is InChI=1S/C12H18N2O4S/c1-9(2)14(8-12(15)16)10-6-4-5-7-11(10)19(17,18)13-3/h4-7,9,13H,8H2,1-3H3,(H,15,16). The monoisotopic (exact) mass is 286 g/mol. The summed E-state index contributed by atoms with van der Waals surface area (Å²) in [6.07, 6.45) is 0. The van der Waals surface area contributed by atoms with Gasteiger partial charge in [-0.15, -0.1) is 0 Å². The summed E-state index contributed by atoms with van der Waals surface area (Å²) in [7, 11) is -2.31. The number of nitrogens with zero attached hydrogens (tertiary/aromatic N) is 1. The van der Waals surface area contributed by atoms with Crippen molar-refractivity contribution in [2.75, 3.05) is 18.5 Å². The Balaban J connectivity index is 3.36. The van der Waals surface area contributed by atoms with Gasteiger partial charge in [0.15, 0.2) is 0 Å². The number of benzene rings is 1. The largest absolute Gasteiger partial charge is 0.480 e. The fourth-order valence-corrected chi connectivity index (χ4v) is 2.66. The maximum atomic E-state index is 11.9. The van der Waals surface area contributed by atoms with Gasteiger partial charge in [-0.1, -0.05) is 12.1 Å². The van der Waals surface area contributed by atoms with Crippen LogP contribution in [0.4, 0.5) is 5.69 Å². The van der Waals surface area contributed by atoms with Gasteiger partial charge in [0.1, 0.15) is 11.4 Å². The van der Waals surface area contributed by atoms with E-state index in [0.717, 1.165) is 0 Å². The zero-order chi connectivity index (χ0) is 14.6. The minimum atomic E-state index is -3.63. The molecule has 1 aromatic rings. The smallest absolute Gasteiger partial charge is 0.323 e. The number of carboxylic acids is 1. The van der Waals surface area contributed by atoms with Gasteiger partial charge in [0.2, 0.25) is 10.0 Å². The SMILES string of the molecule is CNS(=O)(=O)c1ccccc1N(CC(=O)O)C(C)C. The molecular formula is C12H18N2O4S. The maximum Gasteiger partial charge on any atom is 0.323 e. The van der Waals surface area contributed by atoms with Gasteiger partial charge in [0, 0.05) is 6.04 Å². The lowest BCUT2D eigenvalue weighted by molar-refractivity contribution is -0.135. The summed E-state index contributed by atoms with van der Waals surface area (Å²) in [5.74, 6) is -1.01. The Morgan fingerprint density at radius 2 is 1.95 bits per heavy atom. The van der Waals surface area contributed by atoms with E-state index in [0.29, 0.717) is 5.69 Å². The highest BCUT2D eigenvalue weighted by atomic mass is 32.2. The molecule has 0 aliphatic carbocycles. The Hall–Kier alpha value is -1.60. The summed E-state index contributed by atoms with van der Waals surface area (Å²) in [4.78, 5) is 12.5. The third-order valence-electron chi connectivity index (χ3n) is 2.66. The van der Waals surface area contributed by atoms with E-state index in [1.165, 1.54) is 18.0 Å². The predicted molar refractivity (Wildman–Crippen MR) is 72.8 cm³/mol. The summed E-state index contributed by atoms with van der Waals surface area (Å²) in [6, 6.07) is 6.21. The topological polar surface area (TPSA) is 86.7 Å². The Morgan fingerprint density at radius 1 is 1.37 bits per heavy atom. The number of carbonyl (C=O) groups is 1. The fraction of sp³-hybridized carbons (Fsp3) is 0.417. The fourth-order valence-electron chi connectivity index (χ4n) is 1.72. The summed E-state index contributed by atoms with van der Waals surface area (Å²) < 4.78 is 26.1. The molecule has 0 heterocycles. The highest BCUT2D eigenvalue weighted by molar-refractivity contribution is 7.89. The van der Waals surface area contributed by atoms with Gasteiger partial charge in [-0.05, 0) is 33.0 Å². The van der Waals surface area contributed by atoms with Gasteiger partial charge in [-0.25, -0.2) is 13.1 Å². The van der Waals surface area contributed by atoms with E-state index in [1.807, 2.05) is 13.8 Å². The second kappa shape index (κ2) is 6.03. The van der Waals surface area contributed by atoms with Crippen LogP contribution >= 0.6 is 0 Å². The number of rotatable bonds is 6. The first-order chi connectivity index (χ1) is 8.79. The van der Waals surface area contributed by atoms with Crippen molar-refractivity contribution >= 4 is 21.7 Å². The van der Waals surface area contributed by atoms with Crippen molar-refractivity contribution in [1.82, 2.24) is 4.72 Å². The van der Waals surface area contributed by atoms with Crippen LogP contribution in [-0.2, 0) is 14.8 Å². The van der Waals surface area contributed by atoms with Crippen LogP contribution in [0.25, 0.3) is 0 Å². The summed E-state index contributed by atoms with van der Waals surface area (Å²) in [5, 5.41) is 8.94. The third kappa shape index (κ3) is 3.68. The Morgan fingerprint density at radius 3 is 2.42 bits per heavy atom. The molecule has 0 fully saturated rings. The Bertz CT molecular complexity index is 555. The molecule has 0 aliphatic rings. The number of hydrogen-bond donors (Lipinski definition) is 2. The number of nitrogens with one attached hydrogen (secondary N) is 1. The first kappa shape index (κ1) is 15.5. The van der Waals surface area contributed by atoms with Crippen LogP contribution in [0.3, 0.4) is 0 Å². The van der Waals surface area contributed by atoms with E-state index in [4.69, 9.17) is 5.11 Å². The first-order valence-electron chi connectivity index (χ1n) is 5.80. The molecule has 0 saturated carbocycles. The van der Waals surface area contributed by atoms with E-state index in [1.54, 1.807) is 18.2 Å². The molecule has 0 aromatic heterocycles. The predicted octanol–water partition coefficient (Wildman–Crippen LogP) is 0.894. The molecule has 0 aliphatic heterocycles. The average Bonchev–Trinajstić information content (AvgIpc) is 2.35. The molecule has 2 N–H and O–H groups in total. The van der Waals surface area contributed by atoms with E-state index < -0.39 is 16.0 Å². The zero-order valence-electron chi connectivity index (χ0n) is 11.1. The van der Waals surface area contributed by atoms with Crippen molar-refractivity contribution in [3.63, 3.8) is 0 Å². The van der Waals surface area contributed by atoms with Gasteiger partial charge in [0.05, 0.1) is 5.69 Å². The molecule has 0 atom stereocenters. The van der Waals surface area contributed by atoms with E-state index >= 15 is 0 Å². The normalized spacial score (nSPS) is 11.6. The van der Waals surface area contributed by atoms with Crippen LogP contribution in [0, 0.1) is 0 Å². The minimum Gasteiger partial charge on any atom is -0.480 e. The molecule has 19 heavy (non-hydrogen) atoms. The number of sulfonamides is 1. The Kier molecular flexibility index (Phi) is 4.90. The van der Waals surface area contributed by atoms with Crippen LogP contribution in [0.15, 0.2) is 29.2 Å². The van der Waals surface area contributed by atoms with Crippen LogP contribution < -0.4 is 9.62 Å². The molecule has 7 heteroatoms. The van der Waals surface area contributed by atoms with Crippen molar-refractivity contribution in [3.8, 4) is 0 Å². The highest BCUT2D eigenvalue weighted by Crippen LogP contribution is 2.26. The lowest BCUT2D eigenvalue weighted by Crippen LogP contribution is -2.37. The molecular weight excluding hydrogens is 268 g/mol. The van der Waals surface area contributed by atoms with E-state index in [-0.39, 0.29) is 17.5 Å². The summed E-state index contributed by atoms with van der Waals surface area (Å²) in [5.41, 5.74) is 0.384. The van der Waals surface area contributed by atoms with Gasteiger partial charge in [-0.2, -0.15) is 0 Å². The molecule has 0 saturated heterocycles. The van der Waals surface area contributed by atoms with Crippen LogP contribution in [0.5, 0.6) is 0 Å². The van der Waals surface area contributed by atoms with Crippen molar-refractivity contribution in [2.45, 2.75) is 24.8 Å². The number of para-hydroxylation sites is 1. The quantitative estimate of drug-likeness (QED) is 0.811. The molecule has 1 rings (SSSR count). The molecule has 0 bridgehead atoms. The molecule has 0 spiro atoms. The van der Waals surface area contributed by atoms with Gasteiger partial charge < -0.3 is 10.0 Å². The number of anilines is 1. The third-order valence-corrected chi connectivity index (χ3v) is 4.12. The van der Waals surface area contributed by atoms with Crippen molar-refractivity contribution < 1.29 is 18.3 Å². The number of carboxylic acid groups (broad SMARTS) is 1. The van der Waals surface area contributed by atoms with Crippen LogP contribution in [-0.4, -0.2) is 39.1 Å². The highest BCUT2D eigenvalue weighted by Gasteiger charge is 2.23. The second-order valence-corrected chi connectivity index (χ2v) is 6.15. The van der Waals surface area contributed by atoms with Gasteiger partial charge in [0.25, 0.3) is 0 Å². The lowest BCUT2D eigenvalue weighted by atomic mass is 10.2.